The lowest BCUT2D eigenvalue weighted by Crippen LogP contribution is -2.39. The first-order chi connectivity index (χ1) is 14.1. The standard InChI is InChI=1S/C22H28N4O2S2/c1-13(2)11-26-21(28)18(30-22(26)29)9-16-15(4)17(10-23)20(27)24(5)19(16)25-8-6-7-14(3)12-25/h9,13-14H,6-8,11-12H2,1-5H3/b18-9+. The van der Waals surface area contributed by atoms with Gasteiger partial charge in [-0.1, -0.05) is 44.8 Å². The Hall–Kier alpha value is -2.11. The number of hydrogen-bond donors (Lipinski definition) is 0. The van der Waals surface area contributed by atoms with Gasteiger partial charge in [0.05, 0.1) is 4.91 Å². The lowest BCUT2D eigenvalue weighted by molar-refractivity contribution is -0.122. The highest BCUT2D eigenvalue weighted by Crippen LogP contribution is 2.36. The average Bonchev–Trinajstić information content (AvgIpc) is 2.94. The molecule has 1 aromatic heterocycles. The van der Waals surface area contributed by atoms with E-state index < -0.39 is 0 Å². The number of rotatable bonds is 4. The second-order valence-corrected chi connectivity index (χ2v) is 10.3. The van der Waals surface area contributed by atoms with Crippen LogP contribution in [0.15, 0.2) is 9.70 Å². The number of carbonyl (C=O) groups excluding carboxylic acids is 1. The molecule has 1 aromatic rings. The van der Waals surface area contributed by atoms with Crippen LogP contribution in [-0.2, 0) is 11.8 Å². The van der Waals surface area contributed by atoms with E-state index in [0.717, 1.165) is 37.3 Å². The quantitative estimate of drug-likeness (QED) is 0.521. The molecule has 0 saturated carbocycles. The molecule has 160 valence electrons. The predicted molar refractivity (Wildman–Crippen MR) is 126 cm³/mol. The summed E-state index contributed by atoms with van der Waals surface area (Å²) in [5, 5.41) is 9.59. The van der Waals surface area contributed by atoms with Gasteiger partial charge in [-0.25, -0.2) is 0 Å². The molecule has 1 atom stereocenters. The van der Waals surface area contributed by atoms with E-state index in [1.807, 2.05) is 19.9 Å². The van der Waals surface area contributed by atoms with Crippen LogP contribution in [-0.4, -0.2) is 39.3 Å². The number of nitriles is 1. The van der Waals surface area contributed by atoms with Gasteiger partial charge in [-0.05, 0) is 43.2 Å². The normalized spacial score (nSPS) is 21.1. The smallest absolute Gasteiger partial charge is 0.270 e. The van der Waals surface area contributed by atoms with Gasteiger partial charge in [0.2, 0.25) is 0 Å². The number of anilines is 1. The van der Waals surface area contributed by atoms with E-state index in [9.17, 15) is 14.9 Å². The number of aromatic nitrogens is 1. The lowest BCUT2D eigenvalue weighted by Gasteiger charge is -2.35. The van der Waals surface area contributed by atoms with Gasteiger partial charge in [-0.15, -0.1) is 0 Å². The summed E-state index contributed by atoms with van der Waals surface area (Å²) in [6.07, 6.45) is 4.02. The van der Waals surface area contributed by atoms with Crippen LogP contribution in [0.4, 0.5) is 5.82 Å². The minimum absolute atomic E-state index is 0.108. The Morgan fingerprint density at radius 3 is 2.67 bits per heavy atom. The highest BCUT2D eigenvalue weighted by molar-refractivity contribution is 8.26. The van der Waals surface area contributed by atoms with Gasteiger partial charge in [-0.3, -0.25) is 19.1 Å². The SMILES string of the molecule is Cc1c(/C=C2/SC(=S)N(CC(C)C)C2=O)c(N2CCCC(C)C2)n(C)c(=O)c1C#N. The molecular weight excluding hydrogens is 416 g/mol. The number of thiocarbonyl (C=S) groups is 1. The molecule has 0 aliphatic carbocycles. The fraction of sp³-hybridized carbons (Fsp3) is 0.545. The first kappa shape index (κ1) is 22.6. The third-order valence-corrected chi connectivity index (χ3v) is 7.00. The Morgan fingerprint density at radius 2 is 2.07 bits per heavy atom. The van der Waals surface area contributed by atoms with Crippen molar-refractivity contribution < 1.29 is 4.79 Å². The molecule has 6 nitrogen and oxygen atoms in total. The van der Waals surface area contributed by atoms with E-state index in [1.54, 1.807) is 23.4 Å². The van der Waals surface area contributed by atoms with Gasteiger partial charge in [0, 0.05) is 32.2 Å². The van der Waals surface area contributed by atoms with Gasteiger partial charge in [0.15, 0.2) is 0 Å². The summed E-state index contributed by atoms with van der Waals surface area (Å²) in [4.78, 5) is 30.2. The predicted octanol–water partition coefficient (Wildman–Crippen LogP) is 3.66. The lowest BCUT2D eigenvalue weighted by atomic mass is 9.98. The summed E-state index contributed by atoms with van der Waals surface area (Å²) < 4.78 is 2.11. The van der Waals surface area contributed by atoms with Crippen molar-refractivity contribution in [2.24, 2.45) is 18.9 Å². The van der Waals surface area contributed by atoms with Crippen molar-refractivity contribution in [3.63, 3.8) is 0 Å². The number of nitrogens with zero attached hydrogens (tertiary/aromatic N) is 4. The molecular formula is C22H28N4O2S2. The van der Waals surface area contributed by atoms with Crippen molar-refractivity contribution in [2.45, 2.75) is 40.5 Å². The molecule has 0 spiro atoms. The van der Waals surface area contributed by atoms with Crippen LogP contribution in [0.2, 0.25) is 0 Å². The third kappa shape index (κ3) is 4.19. The zero-order valence-corrected chi connectivity index (χ0v) is 19.8. The molecule has 1 unspecified atom stereocenters. The van der Waals surface area contributed by atoms with Crippen molar-refractivity contribution in [1.82, 2.24) is 9.47 Å². The molecule has 2 aliphatic rings. The largest absolute Gasteiger partial charge is 0.357 e. The molecule has 0 N–H and O–H groups in total. The molecule has 2 fully saturated rings. The van der Waals surface area contributed by atoms with E-state index in [0.29, 0.717) is 33.2 Å². The van der Waals surface area contributed by atoms with Gasteiger partial charge in [0.1, 0.15) is 21.8 Å². The van der Waals surface area contributed by atoms with Gasteiger partial charge >= 0.3 is 0 Å². The maximum Gasteiger partial charge on any atom is 0.270 e. The third-order valence-electron chi connectivity index (χ3n) is 5.62. The molecule has 8 heteroatoms. The molecule has 3 rings (SSSR count). The molecule has 0 radical (unpaired) electrons. The van der Waals surface area contributed by atoms with Crippen LogP contribution in [0.1, 0.15) is 50.3 Å². The van der Waals surface area contributed by atoms with Gasteiger partial charge in [0.25, 0.3) is 11.5 Å². The number of pyridine rings is 1. The summed E-state index contributed by atoms with van der Waals surface area (Å²) in [5.74, 6) is 1.49. The molecule has 2 aliphatic heterocycles. The second kappa shape index (κ2) is 8.94. The van der Waals surface area contributed by atoms with Gasteiger partial charge < -0.3 is 4.90 Å². The zero-order valence-electron chi connectivity index (χ0n) is 18.2. The minimum atomic E-state index is -0.298. The van der Waals surface area contributed by atoms with Gasteiger partial charge in [-0.2, -0.15) is 5.26 Å². The Labute approximate surface area is 187 Å². The molecule has 1 amide bonds. The maximum absolute atomic E-state index is 13.0. The Morgan fingerprint density at radius 1 is 1.37 bits per heavy atom. The highest BCUT2D eigenvalue weighted by Gasteiger charge is 2.33. The Bertz CT molecular complexity index is 1020. The van der Waals surface area contributed by atoms with E-state index in [1.165, 1.54) is 11.8 Å². The maximum atomic E-state index is 13.0. The van der Waals surface area contributed by atoms with Crippen molar-refractivity contribution in [3.05, 3.63) is 31.9 Å². The summed E-state index contributed by atoms with van der Waals surface area (Å²) >= 11 is 6.73. The van der Waals surface area contributed by atoms with Crippen LogP contribution in [0.3, 0.4) is 0 Å². The topological polar surface area (TPSA) is 69.3 Å². The van der Waals surface area contributed by atoms with E-state index >= 15 is 0 Å². The van der Waals surface area contributed by atoms with E-state index in [-0.39, 0.29) is 17.0 Å². The molecule has 0 bridgehead atoms. The number of thioether (sulfide) groups is 1. The monoisotopic (exact) mass is 444 g/mol. The van der Waals surface area contributed by atoms with Crippen LogP contribution in [0, 0.1) is 30.1 Å². The van der Waals surface area contributed by atoms with Crippen molar-refractivity contribution in [2.75, 3.05) is 24.5 Å². The first-order valence-corrected chi connectivity index (χ1v) is 11.5. The second-order valence-electron chi connectivity index (χ2n) is 8.59. The summed E-state index contributed by atoms with van der Waals surface area (Å²) in [6, 6.07) is 2.05. The fourth-order valence-corrected chi connectivity index (χ4v) is 5.39. The van der Waals surface area contributed by atoms with Crippen molar-refractivity contribution in [3.8, 4) is 6.07 Å². The van der Waals surface area contributed by atoms with Crippen molar-refractivity contribution >= 4 is 46.1 Å². The zero-order chi connectivity index (χ0) is 22.2. The molecule has 0 aromatic carbocycles. The number of amides is 1. The van der Waals surface area contributed by atoms with E-state index in [2.05, 4.69) is 17.9 Å². The van der Waals surface area contributed by atoms with Crippen LogP contribution in [0.5, 0.6) is 0 Å². The number of piperidine rings is 1. The first-order valence-electron chi connectivity index (χ1n) is 10.3. The summed E-state index contributed by atoms with van der Waals surface area (Å²) in [7, 11) is 1.71. The summed E-state index contributed by atoms with van der Waals surface area (Å²) in [5.41, 5.74) is 1.19. The van der Waals surface area contributed by atoms with Crippen LogP contribution >= 0.6 is 24.0 Å². The van der Waals surface area contributed by atoms with Crippen LogP contribution < -0.4 is 10.5 Å². The van der Waals surface area contributed by atoms with E-state index in [4.69, 9.17) is 12.2 Å². The number of hydrogen-bond acceptors (Lipinski definition) is 6. The minimum Gasteiger partial charge on any atom is -0.357 e. The molecule has 3 heterocycles. The number of carbonyl (C=O) groups is 1. The van der Waals surface area contributed by atoms with Crippen LogP contribution in [0.25, 0.3) is 6.08 Å². The molecule has 30 heavy (non-hydrogen) atoms. The Kier molecular flexibility index (Phi) is 6.73. The van der Waals surface area contributed by atoms with Crippen molar-refractivity contribution in [1.29, 1.82) is 5.26 Å². The summed E-state index contributed by atoms with van der Waals surface area (Å²) in [6.45, 7) is 10.4. The average molecular weight is 445 g/mol. The Balaban J connectivity index is 2.16. The molecule has 2 saturated heterocycles. The highest BCUT2D eigenvalue weighted by atomic mass is 32.2. The fourth-order valence-electron chi connectivity index (χ4n) is 4.13.